The lowest BCUT2D eigenvalue weighted by molar-refractivity contribution is -0.120. The summed E-state index contributed by atoms with van der Waals surface area (Å²) in [5.41, 5.74) is 4.27. The number of hydrogen-bond donors (Lipinski definition) is 1. The third kappa shape index (κ3) is 4.35. The van der Waals surface area contributed by atoms with Gasteiger partial charge < -0.3 is 5.32 Å². The van der Waals surface area contributed by atoms with Gasteiger partial charge in [0.15, 0.2) is 5.82 Å². The molecule has 0 radical (unpaired) electrons. The highest BCUT2D eigenvalue weighted by Gasteiger charge is 2.28. The molecule has 31 heavy (non-hydrogen) atoms. The Kier molecular flexibility index (Phi) is 5.58. The van der Waals surface area contributed by atoms with Crippen LogP contribution in [0.15, 0.2) is 65.8 Å². The van der Waals surface area contributed by atoms with Gasteiger partial charge in [0, 0.05) is 6.20 Å². The fourth-order valence-electron chi connectivity index (χ4n) is 3.37. The van der Waals surface area contributed by atoms with E-state index < -0.39 is 11.7 Å². The number of carbonyl (C=O) groups is 2. The van der Waals surface area contributed by atoms with E-state index in [0.29, 0.717) is 17.2 Å². The average Bonchev–Trinajstić information content (AvgIpc) is 2.88. The summed E-state index contributed by atoms with van der Waals surface area (Å²) in [5.74, 6) is -1.07. The minimum absolute atomic E-state index is 0.0197. The predicted molar refractivity (Wildman–Crippen MR) is 118 cm³/mol. The summed E-state index contributed by atoms with van der Waals surface area (Å²) in [7, 11) is 0. The number of nitrogens with one attached hydrogen (secondary N) is 1. The highest BCUT2D eigenvalue weighted by atomic mass is 19.1. The van der Waals surface area contributed by atoms with Gasteiger partial charge in [0.1, 0.15) is 18.0 Å². The van der Waals surface area contributed by atoms with Gasteiger partial charge in [-0.25, -0.2) is 14.4 Å². The highest BCUT2D eigenvalue weighted by Crippen LogP contribution is 2.31. The first-order valence-corrected chi connectivity index (χ1v) is 9.87. The molecule has 0 bridgehead atoms. The first kappa shape index (κ1) is 20.4. The number of para-hydroxylation sites is 1. The summed E-state index contributed by atoms with van der Waals surface area (Å²) in [4.78, 5) is 36.0. The van der Waals surface area contributed by atoms with E-state index in [0.717, 1.165) is 16.7 Å². The van der Waals surface area contributed by atoms with Gasteiger partial charge in [-0.3, -0.25) is 14.5 Å². The maximum absolute atomic E-state index is 13.9. The van der Waals surface area contributed by atoms with E-state index in [9.17, 15) is 14.0 Å². The molecule has 0 saturated heterocycles. The van der Waals surface area contributed by atoms with Crippen LogP contribution in [0.2, 0.25) is 0 Å². The normalized spacial score (nSPS) is 13.3. The molecular formula is C24H21FN4O2. The highest BCUT2D eigenvalue weighted by molar-refractivity contribution is 6.18. The molecule has 0 unspecified atom stereocenters. The quantitative estimate of drug-likeness (QED) is 0.688. The van der Waals surface area contributed by atoms with Crippen LogP contribution in [0.25, 0.3) is 0 Å². The molecule has 1 N–H and O–H groups in total. The predicted octanol–water partition coefficient (Wildman–Crippen LogP) is 4.33. The van der Waals surface area contributed by atoms with E-state index in [1.54, 1.807) is 24.4 Å². The molecule has 7 heteroatoms. The standard InChI is InChI=1S/C24H21FN4O2/c1-15-9-10-17(12-16(15)2)21-13-23(31)29(24-20(27-21)8-5-11-26-24)14-22(30)28-19-7-4-3-6-18(19)25/h3-12H,13-14H2,1-2H3,(H,28,30). The van der Waals surface area contributed by atoms with Crippen LogP contribution >= 0.6 is 0 Å². The Morgan fingerprint density at radius 3 is 2.68 bits per heavy atom. The number of amides is 2. The van der Waals surface area contributed by atoms with Crippen molar-refractivity contribution < 1.29 is 14.0 Å². The molecule has 4 rings (SSSR count). The third-order valence-electron chi connectivity index (χ3n) is 5.19. The second-order valence-corrected chi connectivity index (χ2v) is 7.39. The number of aromatic nitrogens is 1. The number of rotatable bonds is 4. The van der Waals surface area contributed by atoms with Crippen LogP contribution in [0, 0.1) is 19.7 Å². The SMILES string of the molecule is Cc1ccc(C2=Nc3cccnc3N(CC(=O)Nc3ccccc3F)C(=O)C2)cc1C. The first-order valence-electron chi connectivity index (χ1n) is 9.87. The first-order chi connectivity index (χ1) is 14.9. The molecule has 1 aromatic heterocycles. The van der Waals surface area contributed by atoms with E-state index in [1.807, 2.05) is 32.0 Å². The third-order valence-corrected chi connectivity index (χ3v) is 5.19. The van der Waals surface area contributed by atoms with E-state index >= 15 is 0 Å². The van der Waals surface area contributed by atoms with Crippen molar-refractivity contribution in [1.82, 2.24) is 4.98 Å². The van der Waals surface area contributed by atoms with Crippen LogP contribution in [-0.2, 0) is 9.59 Å². The van der Waals surface area contributed by atoms with E-state index in [-0.39, 0.29) is 24.6 Å². The molecule has 2 aromatic carbocycles. The van der Waals surface area contributed by atoms with Crippen LogP contribution in [0.3, 0.4) is 0 Å². The Labute approximate surface area is 179 Å². The molecule has 1 aliphatic rings. The van der Waals surface area contributed by atoms with Crippen molar-refractivity contribution in [2.75, 3.05) is 16.8 Å². The van der Waals surface area contributed by atoms with Crippen LogP contribution in [0.4, 0.5) is 21.6 Å². The molecule has 3 aromatic rings. The number of aliphatic imine (C=N–C) groups is 1. The van der Waals surface area contributed by atoms with Gasteiger partial charge in [0.05, 0.1) is 17.8 Å². The number of fused-ring (bicyclic) bond motifs is 1. The molecule has 0 fully saturated rings. The zero-order valence-corrected chi connectivity index (χ0v) is 17.2. The maximum atomic E-state index is 13.9. The summed E-state index contributed by atoms with van der Waals surface area (Å²) in [6.07, 6.45) is 1.57. The van der Waals surface area contributed by atoms with Gasteiger partial charge in [-0.2, -0.15) is 0 Å². The molecule has 0 saturated carbocycles. The molecule has 0 spiro atoms. The number of pyridine rings is 1. The van der Waals surface area contributed by atoms with Crippen LogP contribution < -0.4 is 10.2 Å². The largest absolute Gasteiger partial charge is 0.322 e. The molecule has 2 amide bonds. The average molecular weight is 416 g/mol. The summed E-state index contributed by atoms with van der Waals surface area (Å²) in [6.45, 7) is 3.73. The fourth-order valence-corrected chi connectivity index (χ4v) is 3.37. The van der Waals surface area contributed by atoms with E-state index in [4.69, 9.17) is 0 Å². The molecule has 1 aliphatic heterocycles. The van der Waals surface area contributed by atoms with Crippen molar-refractivity contribution >= 4 is 34.7 Å². The molecule has 156 valence electrons. The Morgan fingerprint density at radius 2 is 1.90 bits per heavy atom. The van der Waals surface area contributed by atoms with Gasteiger partial charge in [-0.15, -0.1) is 0 Å². The van der Waals surface area contributed by atoms with E-state index in [2.05, 4.69) is 15.3 Å². The fraction of sp³-hybridized carbons (Fsp3) is 0.167. The monoisotopic (exact) mass is 416 g/mol. The molecule has 6 nitrogen and oxygen atoms in total. The lowest BCUT2D eigenvalue weighted by Crippen LogP contribution is -2.39. The molecular weight excluding hydrogens is 395 g/mol. The second-order valence-electron chi connectivity index (χ2n) is 7.39. The number of halogens is 1. The Bertz CT molecular complexity index is 1210. The minimum atomic E-state index is -0.545. The molecule has 0 aliphatic carbocycles. The molecule has 2 heterocycles. The van der Waals surface area contributed by atoms with Gasteiger partial charge in [0.25, 0.3) is 0 Å². The summed E-state index contributed by atoms with van der Waals surface area (Å²) in [5, 5.41) is 2.51. The maximum Gasteiger partial charge on any atom is 0.244 e. The van der Waals surface area contributed by atoms with Gasteiger partial charge in [0.2, 0.25) is 11.8 Å². The van der Waals surface area contributed by atoms with Crippen molar-refractivity contribution in [3.8, 4) is 0 Å². The lowest BCUT2D eigenvalue weighted by atomic mass is 10.0. The van der Waals surface area contributed by atoms with Crippen molar-refractivity contribution in [1.29, 1.82) is 0 Å². The van der Waals surface area contributed by atoms with Gasteiger partial charge in [-0.05, 0) is 60.9 Å². The number of nitrogens with zero attached hydrogens (tertiary/aromatic N) is 3. The van der Waals surface area contributed by atoms with Crippen molar-refractivity contribution in [2.24, 2.45) is 4.99 Å². The number of carbonyl (C=O) groups excluding carboxylic acids is 2. The number of benzene rings is 2. The van der Waals surface area contributed by atoms with Crippen molar-refractivity contribution in [3.63, 3.8) is 0 Å². The number of aryl methyl sites for hydroxylation is 2. The topological polar surface area (TPSA) is 74.7 Å². The van der Waals surface area contributed by atoms with E-state index in [1.165, 1.54) is 23.1 Å². The smallest absolute Gasteiger partial charge is 0.244 e. The number of anilines is 2. The van der Waals surface area contributed by atoms with Crippen LogP contribution in [-0.4, -0.2) is 29.1 Å². The summed E-state index contributed by atoms with van der Waals surface area (Å²) >= 11 is 0. The van der Waals surface area contributed by atoms with Gasteiger partial charge >= 0.3 is 0 Å². The zero-order valence-electron chi connectivity index (χ0n) is 17.2. The van der Waals surface area contributed by atoms with Crippen molar-refractivity contribution in [3.05, 3.63) is 83.3 Å². The minimum Gasteiger partial charge on any atom is -0.322 e. The van der Waals surface area contributed by atoms with Crippen molar-refractivity contribution in [2.45, 2.75) is 20.3 Å². The van der Waals surface area contributed by atoms with Gasteiger partial charge in [-0.1, -0.05) is 24.3 Å². The summed E-state index contributed by atoms with van der Waals surface area (Å²) in [6, 6.07) is 15.3. The van der Waals surface area contributed by atoms with Crippen LogP contribution in [0.1, 0.15) is 23.1 Å². The number of hydrogen-bond acceptors (Lipinski definition) is 4. The Balaban J connectivity index is 1.63. The molecule has 0 atom stereocenters. The second kappa shape index (κ2) is 8.47. The zero-order chi connectivity index (χ0) is 22.0. The lowest BCUT2D eigenvalue weighted by Gasteiger charge is -2.20. The Hall–Kier alpha value is -3.87. The Morgan fingerprint density at radius 1 is 1.10 bits per heavy atom. The summed E-state index contributed by atoms with van der Waals surface area (Å²) < 4.78 is 13.9. The van der Waals surface area contributed by atoms with Crippen LogP contribution in [0.5, 0.6) is 0 Å².